The smallest absolute Gasteiger partial charge is 0.259 e. The quantitative estimate of drug-likeness (QED) is 0.399. The molecule has 2 aromatic carbocycles. The van der Waals surface area contributed by atoms with Crippen molar-refractivity contribution in [2.75, 3.05) is 16.4 Å². The lowest BCUT2D eigenvalue weighted by Crippen LogP contribution is -2.13. The third-order valence-electron chi connectivity index (χ3n) is 3.46. The van der Waals surface area contributed by atoms with Gasteiger partial charge in [-0.1, -0.05) is 64.0 Å². The molecule has 2 N–H and O–H groups in total. The number of carbonyl (C=O) groups is 2. The summed E-state index contributed by atoms with van der Waals surface area (Å²) in [6.07, 6.45) is 0. The first-order chi connectivity index (χ1) is 13.4. The van der Waals surface area contributed by atoms with E-state index in [-0.39, 0.29) is 22.2 Å². The van der Waals surface area contributed by atoms with Crippen molar-refractivity contribution in [1.82, 2.24) is 10.2 Å². The van der Waals surface area contributed by atoms with Crippen LogP contribution in [0.15, 0.2) is 46.8 Å². The lowest BCUT2D eigenvalue weighted by molar-refractivity contribution is -0.113. The number of aromatic nitrogens is 2. The van der Waals surface area contributed by atoms with Gasteiger partial charge in [-0.3, -0.25) is 14.9 Å². The molecule has 1 heterocycles. The highest BCUT2D eigenvalue weighted by Gasteiger charge is 2.15. The summed E-state index contributed by atoms with van der Waals surface area (Å²) in [6.45, 7) is 1.98. The van der Waals surface area contributed by atoms with Crippen LogP contribution in [0.3, 0.4) is 0 Å². The molecular weight excluding hydrogens is 439 g/mol. The minimum atomic E-state index is -0.433. The van der Waals surface area contributed by atoms with Crippen LogP contribution in [0.5, 0.6) is 0 Å². The Morgan fingerprint density at radius 2 is 1.82 bits per heavy atom. The Labute approximate surface area is 179 Å². The van der Waals surface area contributed by atoms with Gasteiger partial charge in [-0.25, -0.2) is 0 Å². The summed E-state index contributed by atoms with van der Waals surface area (Å²) in [6, 6.07) is 12.2. The minimum Gasteiger partial charge on any atom is -0.325 e. The molecule has 0 bridgehead atoms. The summed E-state index contributed by atoms with van der Waals surface area (Å²) in [5.41, 5.74) is 2.10. The van der Waals surface area contributed by atoms with Gasteiger partial charge in [0.25, 0.3) is 5.91 Å². The van der Waals surface area contributed by atoms with Gasteiger partial charge in [-0.2, -0.15) is 0 Å². The maximum atomic E-state index is 12.3. The van der Waals surface area contributed by atoms with E-state index in [1.165, 1.54) is 29.2 Å². The lowest BCUT2D eigenvalue weighted by Gasteiger charge is -2.04. The standard InChI is InChI=1S/C18H14Cl2N4O2S2/c1-10-2-5-12(6-3-10)21-15(25)9-27-18-24-23-17(28-18)22-16(26)13-8-11(19)4-7-14(13)20/h2-8H,9H2,1H3,(H,21,25)(H,22,23,26). The van der Waals surface area contributed by atoms with Gasteiger partial charge >= 0.3 is 0 Å². The van der Waals surface area contributed by atoms with Crippen LogP contribution in [0.4, 0.5) is 10.8 Å². The van der Waals surface area contributed by atoms with Crippen LogP contribution in [0, 0.1) is 6.92 Å². The summed E-state index contributed by atoms with van der Waals surface area (Å²) in [7, 11) is 0. The second-order valence-corrected chi connectivity index (χ2v) is 8.70. The summed E-state index contributed by atoms with van der Waals surface area (Å²) in [4.78, 5) is 24.3. The molecule has 0 spiro atoms. The molecule has 0 saturated heterocycles. The number of anilines is 2. The summed E-state index contributed by atoms with van der Waals surface area (Å²) < 4.78 is 0.562. The van der Waals surface area contributed by atoms with E-state index in [1.54, 1.807) is 12.1 Å². The fourth-order valence-corrected chi connectivity index (χ4v) is 4.04. The Balaban J connectivity index is 1.53. The van der Waals surface area contributed by atoms with E-state index in [0.29, 0.717) is 14.5 Å². The molecule has 0 aliphatic carbocycles. The number of amides is 2. The van der Waals surface area contributed by atoms with Crippen molar-refractivity contribution >= 4 is 68.9 Å². The average Bonchev–Trinajstić information content (AvgIpc) is 3.11. The molecule has 0 saturated carbocycles. The Bertz CT molecular complexity index is 1010. The van der Waals surface area contributed by atoms with Crippen LogP contribution < -0.4 is 10.6 Å². The zero-order valence-corrected chi connectivity index (χ0v) is 17.7. The predicted molar refractivity (Wildman–Crippen MR) is 115 cm³/mol. The van der Waals surface area contributed by atoms with E-state index in [0.717, 1.165) is 11.3 Å². The molecule has 0 aliphatic heterocycles. The Hall–Kier alpha value is -2.13. The summed E-state index contributed by atoms with van der Waals surface area (Å²) in [5.74, 6) is -0.408. The van der Waals surface area contributed by atoms with Crippen molar-refractivity contribution in [2.24, 2.45) is 0 Å². The number of rotatable bonds is 6. The van der Waals surface area contributed by atoms with E-state index in [4.69, 9.17) is 23.2 Å². The number of hydrogen-bond donors (Lipinski definition) is 2. The highest BCUT2D eigenvalue weighted by atomic mass is 35.5. The molecular formula is C18H14Cl2N4O2S2. The van der Waals surface area contributed by atoms with Gasteiger partial charge in [0.1, 0.15) is 0 Å². The van der Waals surface area contributed by atoms with Crippen molar-refractivity contribution in [2.45, 2.75) is 11.3 Å². The highest BCUT2D eigenvalue weighted by molar-refractivity contribution is 8.01. The van der Waals surface area contributed by atoms with Gasteiger partial charge in [0.05, 0.1) is 16.3 Å². The molecule has 6 nitrogen and oxygen atoms in total. The Morgan fingerprint density at radius 3 is 2.57 bits per heavy atom. The first-order valence-electron chi connectivity index (χ1n) is 8.00. The molecule has 3 aromatic rings. The van der Waals surface area contributed by atoms with Gasteiger partial charge in [-0.05, 0) is 37.3 Å². The van der Waals surface area contributed by atoms with Crippen molar-refractivity contribution in [3.05, 3.63) is 63.6 Å². The SMILES string of the molecule is Cc1ccc(NC(=O)CSc2nnc(NC(=O)c3cc(Cl)ccc3Cl)s2)cc1. The molecule has 144 valence electrons. The van der Waals surface area contributed by atoms with Crippen molar-refractivity contribution in [1.29, 1.82) is 0 Å². The lowest BCUT2D eigenvalue weighted by atomic mass is 10.2. The van der Waals surface area contributed by atoms with E-state index < -0.39 is 5.91 Å². The van der Waals surface area contributed by atoms with E-state index in [1.807, 2.05) is 31.2 Å². The van der Waals surface area contributed by atoms with Gasteiger partial charge in [0.2, 0.25) is 11.0 Å². The minimum absolute atomic E-state index is 0.152. The molecule has 0 unspecified atom stereocenters. The molecule has 3 rings (SSSR count). The van der Waals surface area contributed by atoms with Gasteiger partial charge in [0, 0.05) is 10.7 Å². The second-order valence-electron chi connectivity index (χ2n) is 5.65. The maximum absolute atomic E-state index is 12.3. The number of aryl methyl sites for hydroxylation is 1. The summed E-state index contributed by atoms with van der Waals surface area (Å²) >= 11 is 14.3. The number of thioether (sulfide) groups is 1. The van der Waals surface area contributed by atoms with Gasteiger partial charge < -0.3 is 5.32 Å². The zero-order chi connectivity index (χ0) is 20.1. The molecule has 0 atom stereocenters. The van der Waals surface area contributed by atoms with Crippen LogP contribution in [0.2, 0.25) is 10.0 Å². The monoisotopic (exact) mass is 452 g/mol. The maximum Gasteiger partial charge on any atom is 0.259 e. The van der Waals surface area contributed by atoms with Crippen LogP contribution in [0.25, 0.3) is 0 Å². The number of benzene rings is 2. The highest BCUT2D eigenvalue weighted by Crippen LogP contribution is 2.27. The van der Waals surface area contributed by atoms with Crippen molar-refractivity contribution in [3.63, 3.8) is 0 Å². The number of halogens is 2. The fraction of sp³-hybridized carbons (Fsp3) is 0.111. The molecule has 0 radical (unpaired) electrons. The number of nitrogens with zero attached hydrogens (tertiary/aromatic N) is 2. The molecule has 0 aliphatic rings. The fourth-order valence-electron chi connectivity index (χ4n) is 2.12. The normalized spacial score (nSPS) is 10.5. The summed E-state index contributed by atoms with van der Waals surface area (Å²) in [5, 5.41) is 14.3. The first kappa shape index (κ1) is 20.6. The average molecular weight is 453 g/mol. The number of hydrogen-bond acceptors (Lipinski definition) is 6. The largest absolute Gasteiger partial charge is 0.325 e. The second kappa shape index (κ2) is 9.38. The molecule has 28 heavy (non-hydrogen) atoms. The van der Waals surface area contributed by atoms with Gasteiger partial charge in [0.15, 0.2) is 4.34 Å². The van der Waals surface area contributed by atoms with E-state index in [2.05, 4.69) is 20.8 Å². The van der Waals surface area contributed by atoms with Crippen LogP contribution >= 0.6 is 46.3 Å². The molecule has 0 fully saturated rings. The molecule has 1 aromatic heterocycles. The molecule has 10 heteroatoms. The third-order valence-corrected chi connectivity index (χ3v) is 6.00. The zero-order valence-electron chi connectivity index (χ0n) is 14.5. The Kier molecular flexibility index (Phi) is 6.90. The van der Waals surface area contributed by atoms with Gasteiger partial charge in [-0.15, -0.1) is 10.2 Å². The predicted octanol–water partition coefficient (Wildman–Crippen LogP) is 5.14. The van der Waals surface area contributed by atoms with Crippen LogP contribution in [-0.2, 0) is 4.79 Å². The first-order valence-corrected chi connectivity index (χ1v) is 10.6. The van der Waals surface area contributed by atoms with Crippen molar-refractivity contribution < 1.29 is 9.59 Å². The number of carbonyl (C=O) groups excluding carboxylic acids is 2. The molecule has 2 amide bonds. The van der Waals surface area contributed by atoms with E-state index in [9.17, 15) is 9.59 Å². The van der Waals surface area contributed by atoms with Crippen LogP contribution in [0.1, 0.15) is 15.9 Å². The topological polar surface area (TPSA) is 84.0 Å². The third kappa shape index (κ3) is 5.68. The van der Waals surface area contributed by atoms with E-state index >= 15 is 0 Å². The number of nitrogens with one attached hydrogen (secondary N) is 2. The van der Waals surface area contributed by atoms with Crippen molar-refractivity contribution in [3.8, 4) is 0 Å². The Morgan fingerprint density at radius 1 is 1.07 bits per heavy atom. The van der Waals surface area contributed by atoms with Crippen LogP contribution in [-0.4, -0.2) is 27.8 Å².